The van der Waals surface area contributed by atoms with Crippen LogP contribution in [0.2, 0.25) is 0 Å². The molecule has 2 heterocycles. The molecule has 47 heavy (non-hydrogen) atoms. The van der Waals surface area contributed by atoms with Crippen LogP contribution in [0.4, 0.5) is 13.2 Å². The maximum atomic E-state index is 14.4. The minimum absolute atomic E-state index is 0.167. The number of carbonyl (C=O) groups is 2. The molecule has 7 atom stereocenters. The van der Waals surface area contributed by atoms with Crippen LogP contribution >= 0.6 is 0 Å². The molecule has 2 aromatic carbocycles. The summed E-state index contributed by atoms with van der Waals surface area (Å²) in [6, 6.07) is 17.9. The van der Waals surface area contributed by atoms with E-state index in [1.807, 2.05) is 12.1 Å². The molecule has 3 fully saturated rings. The van der Waals surface area contributed by atoms with E-state index >= 15 is 0 Å². The van der Waals surface area contributed by atoms with Gasteiger partial charge in [0.15, 0.2) is 5.57 Å². The zero-order chi connectivity index (χ0) is 33.2. The van der Waals surface area contributed by atoms with Crippen molar-refractivity contribution < 1.29 is 41.8 Å². The van der Waals surface area contributed by atoms with Crippen molar-refractivity contribution in [2.75, 3.05) is 20.1 Å². The number of piperidine rings is 1. The van der Waals surface area contributed by atoms with Gasteiger partial charge in [-0.2, -0.15) is 13.2 Å². The summed E-state index contributed by atoms with van der Waals surface area (Å²) >= 11 is 0. The normalized spacial score (nSPS) is 34.3. The number of aliphatic hydroxyl groups is 1. The molecule has 2 N–H and O–H groups in total. The first-order valence-corrected chi connectivity index (χ1v) is 16.4. The van der Waals surface area contributed by atoms with Crippen LogP contribution < -0.4 is 5.32 Å². The third-order valence-corrected chi connectivity index (χ3v) is 11.4. The van der Waals surface area contributed by atoms with Gasteiger partial charge >= 0.3 is 12.1 Å². The number of quaternary nitrogens is 1. The molecule has 1 saturated carbocycles. The molecule has 5 aliphatic rings. The second-order valence-corrected chi connectivity index (χ2v) is 14.0. The van der Waals surface area contributed by atoms with Gasteiger partial charge in [-0.05, 0) is 35.6 Å². The minimum atomic E-state index is -5.21. The molecule has 248 valence electrons. The molecule has 2 aliphatic heterocycles. The Morgan fingerprint density at radius 1 is 1.09 bits per heavy atom. The summed E-state index contributed by atoms with van der Waals surface area (Å²) in [6.07, 6.45) is 2.18. The van der Waals surface area contributed by atoms with E-state index in [4.69, 9.17) is 9.47 Å². The van der Waals surface area contributed by atoms with Crippen LogP contribution in [0.1, 0.15) is 50.2 Å². The van der Waals surface area contributed by atoms with Gasteiger partial charge in [0.05, 0.1) is 32.3 Å². The summed E-state index contributed by atoms with van der Waals surface area (Å²) in [5, 5.41) is 13.2. The highest BCUT2D eigenvalue weighted by atomic mass is 19.4. The first kappa shape index (κ1) is 31.7. The quantitative estimate of drug-likeness (QED) is 0.123. The second-order valence-electron chi connectivity index (χ2n) is 14.0. The number of aliphatic hydroxyl groups excluding tert-OH is 1. The molecular formula is C37H40F3N2O5+. The van der Waals surface area contributed by atoms with Crippen LogP contribution in [0.25, 0.3) is 5.76 Å². The molecule has 1 amide bonds. The molecule has 0 radical (unpaired) electrons. The van der Waals surface area contributed by atoms with Crippen LogP contribution in [-0.4, -0.2) is 71.8 Å². The maximum Gasteiger partial charge on any atom is 0.425 e. The molecule has 3 unspecified atom stereocenters. The first-order chi connectivity index (χ1) is 22.4. The Hall–Kier alpha value is -3.89. The summed E-state index contributed by atoms with van der Waals surface area (Å²) in [7, 11) is 2.35. The monoisotopic (exact) mass is 649 g/mol. The van der Waals surface area contributed by atoms with Crippen molar-refractivity contribution in [2.45, 2.75) is 75.6 Å². The molecule has 3 aliphatic carbocycles. The zero-order valence-electron chi connectivity index (χ0n) is 26.6. The van der Waals surface area contributed by atoms with Crippen molar-refractivity contribution in [1.82, 2.24) is 5.32 Å². The van der Waals surface area contributed by atoms with Crippen LogP contribution in [0, 0.1) is 11.3 Å². The number of ether oxygens (including phenoxy) is 2. The number of amides is 1. The number of esters is 1. The Labute approximate surface area is 272 Å². The van der Waals surface area contributed by atoms with Crippen LogP contribution in [0.5, 0.6) is 0 Å². The van der Waals surface area contributed by atoms with Crippen LogP contribution in [0.3, 0.4) is 0 Å². The van der Waals surface area contributed by atoms with Gasteiger partial charge in [-0.15, -0.1) is 0 Å². The molecule has 10 heteroatoms. The molecule has 0 aromatic heterocycles. The van der Waals surface area contributed by atoms with Gasteiger partial charge in [0.1, 0.15) is 11.9 Å². The lowest BCUT2D eigenvalue weighted by molar-refractivity contribution is -0.945. The van der Waals surface area contributed by atoms with Crippen molar-refractivity contribution in [2.24, 2.45) is 11.3 Å². The number of hydrogen-bond donors (Lipinski definition) is 2. The number of likely N-dealkylation sites (N-methyl/N-ethyl adjacent to an activating group) is 1. The molecule has 1 spiro atoms. The Kier molecular flexibility index (Phi) is 7.67. The van der Waals surface area contributed by atoms with Gasteiger partial charge in [-0.3, -0.25) is 9.59 Å². The number of hydrogen-bond acceptors (Lipinski definition) is 5. The largest absolute Gasteiger partial charge is 0.506 e. The van der Waals surface area contributed by atoms with Gasteiger partial charge in [0, 0.05) is 43.1 Å². The van der Waals surface area contributed by atoms with Gasteiger partial charge < -0.3 is 24.4 Å². The Balaban J connectivity index is 1.26. The summed E-state index contributed by atoms with van der Waals surface area (Å²) < 4.78 is 56.8. The zero-order valence-corrected chi connectivity index (χ0v) is 26.6. The number of benzene rings is 2. The fraction of sp³-hybridized carbons (Fsp3) is 0.459. The number of carbonyl (C=O) groups excluding carboxylic acids is 2. The number of nitrogens with zero attached hydrogens (tertiary/aromatic N) is 1. The van der Waals surface area contributed by atoms with E-state index in [1.54, 1.807) is 6.07 Å². The van der Waals surface area contributed by atoms with E-state index in [9.17, 15) is 27.9 Å². The lowest BCUT2D eigenvalue weighted by atomic mass is 9.50. The molecule has 7 nitrogen and oxygen atoms in total. The van der Waals surface area contributed by atoms with Gasteiger partial charge in [0.2, 0.25) is 5.72 Å². The average molecular weight is 650 g/mol. The highest BCUT2D eigenvalue weighted by molar-refractivity contribution is 6.01. The van der Waals surface area contributed by atoms with Gasteiger partial charge in [0.25, 0.3) is 5.91 Å². The Morgan fingerprint density at radius 3 is 2.47 bits per heavy atom. The van der Waals surface area contributed by atoms with E-state index < -0.39 is 41.2 Å². The predicted molar refractivity (Wildman–Crippen MR) is 168 cm³/mol. The maximum absolute atomic E-state index is 14.4. The van der Waals surface area contributed by atoms with Crippen molar-refractivity contribution in [3.8, 4) is 0 Å². The highest BCUT2D eigenvalue weighted by Gasteiger charge is 2.71. The van der Waals surface area contributed by atoms with Crippen molar-refractivity contribution >= 4 is 17.6 Å². The topological polar surface area (TPSA) is 84.9 Å². The summed E-state index contributed by atoms with van der Waals surface area (Å²) in [6.45, 7) is 3.07. The Bertz CT molecular complexity index is 1670. The molecular weight excluding hydrogens is 609 g/mol. The lowest BCUT2D eigenvalue weighted by Gasteiger charge is -2.61. The number of allylic oxidation sites excluding steroid dienone is 1. The second kappa shape index (κ2) is 11.4. The van der Waals surface area contributed by atoms with Gasteiger partial charge in [-0.1, -0.05) is 73.2 Å². The van der Waals surface area contributed by atoms with Crippen molar-refractivity contribution in [3.05, 3.63) is 101 Å². The van der Waals surface area contributed by atoms with Crippen molar-refractivity contribution in [1.29, 1.82) is 0 Å². The number of likely N-dealkylation sites (tertiary alicyclic amines) is 1. The fourth-order valence-corrected chi connectivity index (χ4v) is 9.44. The summed E-state index contributed by atoms with van der Waals surface area (Å²) in [4.78, 5) is 26.3. The van der Waals surface area contributed by atoms with Gasteiger partial charge in [-0.25, -0.2) is 0 Å². The summed E-state index contributed by atoms with van der Waals surface area (Å²) in [5.41, 5.74) is -1.02. The smallest absolute Gasteiger partial charge is 0.425 e. The first-order valence-electron chi connectivity index (χ1n) is 16.4. The fourth-order valence-electron chi connectivity index (χ4n) is 9.44. The van der Waals surface area contributed by atoms with E-state index in [0.717, 1.165) is 74.2 Å². The van der Waals surface area contributed by atoms with E-state index in [2.05, 4.69) is 36.6 Å². The number of nitrogens with one attached hydrogen (secondary N) is 1. The Morgan fingerprint density at radius 2 is 1.79 bits per heavy atom. The lowest BCUT2D eigenvalue weighted by Crippen LogP contribution is -2.69. The molecule has 7 rings (SSSR count). The summed E-state index contributed by atoms with van der Waals surface area (Å²) in [5.74, 6) is -3.32. The number of halogens is 3. The molecule has 2 bridgehead atoms. The third kappa shape index (κ3) is 5.11. The average Bonchev–Trinajstić information content (AvgIpc) is 3.39. The SMILES string of the molecule is CC(=O)OC1(NC(=O)C(=C(O)c2ccccc2)C(F)(F)F)C=CC2=C3C1O[C@H]1CCC[C@H]4[C@@H](C2)[N+](C)(CCc2ccccc2)CC[C@]314. The van der Waals surface area contributed by atoms with E-state index in [-0.39, 0.29) is 23.0 Å². The van der Waals surface area contributed by atoms with Crippen molar-refractivity contribution in [3.63, 3.8) is 0 Å². The predicted octanol–water partition coefficient (Wildman–Crippen LogP) is 6.18. The molecule has 2 aromatic rings. The third-order valence-electron chi connectivity index (χ3n) is 11.4. The highest BCUT2D eigenvalue weighted by Crippen LogP contribution is 2.67. The molecule has 2 saturated heterocycles. The van der Waals surface area contributed by atoms with Crippen LogP contribution in [0.15, 0.2) is 89.5 Å². The number of rotatable bonds is 7. The van der Waals surface area contributed by atoms with E-state index in [0.29, 0.717) is 6.04 Å². The van der Waals surface area contributed by atoms with E-state index in [1.165, 1.54) is 35.9 Å². The minimum Gasteiger partial charge on any atom is -0.506 e. The van der Waals surface area contributed by atoms with Crippen LogP contribution in [-0.2, 0) is 25.5 Å². The number of alkyl halides is 3. The standard InChI is InChI=1S/C37H39F3N2O5/c1-23(43)47-36(41-34(45)31(37(38,39)40)32(44)25-12-7-4-8-13-25)18-16-26-22-28-27-14-9-15-29-35(27,30(26)33(36)46-29)19-21-42(28,2)20-17-24-10-5-3-6-11-24/h3-8,10-13,16,18,27-29,33H,9,14-15,17,19-22H2,1-2H3,(H-,41,44,45)/p+1/t27-,28+,29-,33?,35+,36?,42?/m0/s1.